The van der Waals surface area contributed by atoms with Gasteiger partial charge in [0.15, 0.2) is 3.61 Å². The Morgan fingerprint density at radius 1 is 0.875 bits per heavy atom. The largest absolute Gasteiger partial charge is 0.371 e. The summed E-state index contributed by atoms with van der Waals surface area (Å²) in [6, 6.07) is 17.5. The molecule has 2 aromatic rings. The lowest BCUT2D eigenvalue weighted by Gasteiger charge is -2.22. The van der Waals surface area contributed by atoms with E-state index in [9.17, 15) is 5.11 Å². The molecule has 0 aromatic heterocycles. The smallest absolute Gasteiger partial charge is 0.166 e. The summed E-state index contributed by atoms with van der Waals surface area (Å²) >= 11 is 2.07. The molecule has 1 N–H and O–H groups in total. The molecule has 0 heterocycles. The van der Waals surface area contributed by atoms with Gasteiger partial charge < -0.3 is 5.11 Å². The van der Waals surface area contributed by atoms with Crippen molar-refractivity contribution in [1.29, 1.82) is 0 Å². The van der Waals surface area contributed by atoms with Crippen molar-refractivity contribution >= 4 is 37.1 Å². The van der Waals surface area contributed by atoms with Crippen LogP contribution < -0.4 is 5.30 Å². The Hall–Kier alpha value is -0.440. The second kappa shape index (κ2) is 4.82. The maximum atomic E-state index is 10.5. The summed E-state index contributed by atoms with van der Waals surface area (Å²) in [6.07, 6.45) is 0. The Morgan fingerprint density at radius 2 is 1.38 bits per heavy atom. The molecule has 0 spiro atoms. The predicted molar refractivity (Wildman–Crippen MR) is 79.2 cm³/mol. The molecule has 0 aliphatic carbocycles. The molecular formula is C13H12IOP. The fourth-order valence-corrected chi connectivity index (χ4v) is 2.44. The van der Waals surface area contributed by atoms with Crippen LogP contribution in [0.2, 0.25) is 0 Å². The highest BCUT2D eigenvalue weighted by Crippen LogP contribution is 2.35. The zero-order chi connectivity index (χ0) is 11.6. The van der Waals surface area contributed by atoms with E-state index in [1.165, 1.54) is 0 Å². The van der Waals surface area contributed by atoms with Crippen molar-refractivity contribution in [3.05, 3.63) is 65.7 Å². The first-order chi connectivity index (χ1) is 7.60. The molecule has 3 heteroatoms. The molecule has 1 nitrogen and oxygen atoms in total. The first-order valence-corrected chi connectivity index (χ1v) is 6.59. The Morgan fingerprint density at radius 3 is 1.94 bits per heavy atom. The van der Waals surface area contributed by atoms with Gasteiger partial charge in [0, 0.05) is 0 Å². The van der Waals surface area contributed by atoms with E-state index in [0.29, 0.717) is 0 Å². The minimum Gasteiger partial charge on any atom is -0.371 e. The average molecular weight is 342 g/mol. The van der Waals surface area contributed by atoms with Gasteiger partial charge in [-0.3, -0.25) is 0 Å². The number of aliphatic hydroxyl groups is 1. The van der Waals surface area contributed by atoms with E-state index >= 15 is 0 Å². The SMILES string of the molecule is OC(I)(c1ccccc1)c1ccc(P)cc1. The van der Waals surface area contributed by atoms with E-state index in [-0.39, 0.29) is 0 Å². The molecule has 2 aromatic carbocycles. The quantitative estimate of drug-likeness (QED) is 0.506. The monoisotopic (exact) mass is 342 g/mol. The standard InChI is InChI=1S/C13H12IOP/c14-13(15,10-4-2-1-3-5-10)11-6-8-12(16)9-7-11/h1-9,15H,16H2. The van der Waals surface area contributed by atoms with Crippen LogP contribution >= 0.6 is 31.8 Å². The molecule has 0 amide bonds. The Balaban J connectivity index is 2.43. The number of alkyl halides is 1. The van der Waals surface area contributed by atoms with Crippen molar-refractivity contribution < 1.29 is 5.11 Å². The highest BCUT2D eigenvalue weighted by Gasteiger charge is 2.27. The third-order valence-corrected chi connectivity index (χ3v) is 4.08. The van der Waals surface area contributed by atoms with Gasteiger partial charge in [0.1, 0.15) is 0 Å². The third kappa shape index (κ3) is 2.45. The summed E-state index contributed by atoms with van der Waals surface area (Å²) in [5, 5.41) is 11.6. The zero-order valence-electron chi connectivity index (χ0n) is 8.60. The van der Waals surface area contributed by atoms with Crippen molar-refractivity contribution in [3.63, 3.8) is 0 Å². The number of hydrogen-bond acceptors (Lipinski definition) is 1. The van der Waals surface area contributed by atoms with Crippen LogP contribution in [0.15, 0.2) is 54.6 Å². The van der Waals surface area contributed by atoms with Gasteiger partial charge in [0.2, 0.25) is 0 Å². The van der Waals surface area contributed by atoms with Crippen LogP contribution in [-0.2, 0) is 3.61 Å². The Bertz CT molecular complexity index is 465. The summed E-state index contributed by atoms with van der Waals surface area (Å²) in [7, 11) is 2.64. The van der Waals surface area contributed by atoms with Gasteiger partial charge >= 0.3 is 0 Å². The molecule has 2 atom stereocenters. The maximum absolute atomic E-state index is 10.5. The van der Waals surface area contributed by atoms with Crippen molar-refractivity contribution in [2.45, 2.75) is 3.61 Å². The molecule has 0 saturated heterocycles. The van der Waals surface area contributed by atoms with Crippen LogP contribution in [0.4, 0.5) is 0 Å². The van der Waals surface area contributed by atoms with E-state index in [1.807, 2.05) is 54.6 Å². The van der Waals surface area contributed by atoms with Gasteiger partial charge in [-0.25, -0.2) is 0 Å². The average Bonchev–Trinajstić information content (AvgIpc) is 2.31. The van der Waals surface area contributed by atoms with E-state index < -0.39 is 3.61 Å². The number of halogens is 1. The van der Waals surface area contributed by atoms with Crippen LogP contribution in [0.1, 0.15) is 11.1 Å². The molecule has 0 bridgehead atoms. The fourth-order valence-electron chi connectivity index (χ4n) is 1.53. The summed E-state index contributed by atoms with van der Waals surface area (Å²) in [5.41, 5.74) is 1.79. The minimum absolute atomic E-state index is 0.894. The van der Waals surface area contributed by atoms with E-state index in [2.05, 4.69) is 31.8 Å². The van der Waals surface area contributed by atoms with Crippen LogP contribution in [0.25, 0.3) is 0 Å². The number of hydrogen-bond donors (Lipinski definition) is 1. The number of rotatable bonds is 2. The molecule has 0 saturated carbocycles. The molecule has 0 aliphatic heterocycles. The van der Waals surface area contributed by atoms with Gasteiger partial charge in [-0.2, -0.15) is 0 Å². The second-order valence-corrected chi connectivity index (χ2v) is 5.84. The lowest BCUT2D eigenvalue weighted by Crippen LogP contribution is -2.18. The first-order valence-electron chi connectivity index (χ1n) is 4.93. The van der Waals surface area contributed by atoms with E-state index in [0.717, 1.165) is 16.4 Å². The minimum atomic E-state index is -0.961. The molecule has 0 radical (unpaired) electrons. The first kappa shape index (κ1) is 12.0. The summed E-state index contributed by atoms with van der Waals surface area (Å²) in [6.45, 7) is 0. The summed E-state index contributed by atoms with van der Waals surface area (Å²) in [4.78, 5) is 0. The molecule has 16 heavy (non-hydrogen) atoms. The Kier molecular flexibility index (Phi) is 3.63. The topological polar surface area (TPSA) is 20.2 Å². The van der Waals surface area contributed by atoms with Crippen LogP contribution in [0.3, 0.4) is 0 Å². The molecule has 2 unspecified atom stereocenters. The highest BCUT2D eigenvalue weighted by molar-refractivity contribution is 14.1. The van der Waals surface area contributed by atoms with Gasteiger partial charge in [0.05, 0.1) is 0 Å². The van der Waals surface area contributed by atoms with Crippen LogP contribution in [0.5, 0.6) is 0 Å². The lowest BCUT2D eigenvalue weighted by atomic mass is 10.0. The molecule has 0 aliphatic rings. The molecule has 0 fully saturated rings. The van der Waals surface area contributed by atoms with Crippen molar-refractivity contribution in [3.8, 4) is 0 Å². The molecule has 82 valence electrons. The summed E-state index contributed by atoms with van der Waals surface area (Å²) in [5.74, 6) is 0. The highest BCUT2D eigenvalue weighted by atomic mass is 127. The van der Waals surface area contributed by atoms with E-state index in [4.69, 9.17) is 0 Å². The third-order valence-electron chi connectivity index (χ3n) is 2.45. The van der Waals surface area contributed by atoms with Gasteiger partial charge in [-0.05, 0) is 39.0 Å². The van der Waals surface area contributed by atoms with Crippen molar-refractivity contribution in [2.75, 3.05) is 0 Å². The fraction of sp³-hybridized carbons (Fsp3) is 0.0769. The van der Waals surface area contributed by atoms with E-state index in [1.54, 1.807) is 0 Å². The predicted octanol–water partition coefficient (Wildman–Crippen LogP) is 2.82. The second-order valence-electron chi connectivity index (χ2n) is 3.61. The van der Waals surface area contributed by atoms with Gasteiger partial charge in [0.25, 0.3) is 0 Å². The summed E-state index contributed by atoms with van der Waals surface area (Å²) < 4.78 is -0.961. The van der Waals surface area contributed by atoms with Crippen molar-refractivity contribution in [1.82, 2.24) is 0 Å². The van der Waals surface area contributed by atoms with Crippen molar-refractivity contribution in [2.24, 2.45) is 0 Å². The maximum Gasteiger partial charge on any atom is 0.166 e. The van der Waals surface area contributed by atoms with Crippen LogP contribution in [-0.4, -0.2) is 5.11 Å². The molecular weight excluding hydrogens is 330 g/mol. The normalized spacial score (nSPS) is 14.4. The number of benzene rings is 2. The molecule has 2 rings (SSSR count). The zero-order valence-corrected chi connectivity index (χ0v) is 11.9. The van der Waals surface area contributed by atoms with Crippen LogP contribution in [0, 0.1) is 0 Å². The lowest BCUT2D eigenvalue weighted by molar-refractivity contribution is 0.200. The van der Waals surface area contributed by atoms with Gasteiger partial charge in [-0.15, -0.1) is 9.24 Å². The Labute approximate surface area is 111 Å². The van der Waals surface area contributed by atoms with Gasteiger partial charge in [-0.1, -0.05) is 54.6 Å².